The molecule has 4 rings (SSSR count). The maximum atomic E-state index is 13.0. The minimum absolute atomic E-state index is 0.261. The molecular weight excluding hydrogens is 342 g/mol. The summed E-state index contributed by atoms with van der Waals surface area (Å²) >= 11 is 0. The zero-order valence-corrected chi connectivity index (χ0v) is 15.1. The van der Waals surface area contributed by atoms with Crippen molar-refractivity contribution in [3.63, 3.8) is 0 Å². The smallest absolute Gasteiger partial charge is 0.258 e. The second-order valence-corrected chi connectivity index (χ2v) is 7.33. The van der Waals surface area contributed by atoms with Crippen molar-refractivity contribution in [3.8, 4) is 6.07 Å². The Morgan fingerprint density at radius 3 is 2.74 bits per heavy atom. The predicted octanol–water partition coefficient (Wildman–Crippen LogP) is 2.23. The first-order valence-electron chi connectivity index (χ1n) is 9.23. The molecular formula is C20H21N5O2. The van der Waals surface area contributed by atoms with Crippen molar-refractivity contribution in [2.75, 3.05) is 23.3 Å². The highest BCUT2D eigenvalue weighted by Crippen LogP contribution is 2.38. The molecule has 0 spiro atoms. The van der Waals surface area contributed by atoms with E-state index in [9.17, 15) is 14.9 Å². The minimum atomic E-state index is -0.969. The highest BCUT2D eigenvalue weighted by Gasteiger charge is 2.40. The molecule has 2 aliphatic heterocycles. The van der Waals surface area contributed by atoms with Crippen LogP contribution in [-0.2, 0) is 4.79 Å². The number of benzene rings is 1. The summed E-state index contributed by atoms with van der Waals surface area (Å²) in [6.07, 6.45) is 2.19. The maximum Gasteiger partial charge on any atom is 0.258 e. The Kier molecular flexibility index (Phi) is 4.40. The summed E-state index contributed by atoms with van der Waals surface area (Å²) in [6.45, 7) is 3.81. The number of anilines is 2. The standard InChI is InChI=1S/C20H21N5O2/c1-12-6-5-9-25(11-12)20-23-17-16(19(27)24-20)15(13-7-3-2-4-8-13)14(10-21)18(26)22-17/h2-4,7-8,12,14-15H,5-6,9,11H2,1H3,(H2,22,23,24,26,27)/t12-,14+,15-/m1/s1. The first kappa shape index (κ1) is 17.3. The lowest BCUT2D eigenvalue weighted by Crippen LogP contribution is -2.41. The molecule has 0 bridgehead atoms. The average Bonchev–Trinajstić information content (AvgIpc) is 2.67. The Morgan fingerprint density at radius 1 is 1.26 bits per heavy atom. The third kappa shape index (κ3) is 3.08. The number of aromatic amines is 1. The maximum absolute atomic E-state index is 13.0. The van der Waals surface area contributed by atoms with E-state index in [1.54, 1.807) is 0 Å². The molecule has 3 heterocycles. The normalized spacial score (nSPS) is 24.7. The van der Waals surface area contributed by atoms with Crippen LogP contribution in [0.15, 0.2) is 35.1 Å². The van der Waals surface area contributed by atoms with Crippen molar-refractivity contribution in [2.45, 2.75) is 25.7 Å². The SMILES string of the molecule is C[C@@H]1CCCN(c2nc3c(c(=O)[nH]2)[C@H](c2ccccc2)[C@H](C#N)C(=O)N3)C1. The van der Waals surface area contributed by atoms with E-state index in [2.05, 4.69) is 33.2 Å². The lowest BCUT2D eigenvalue weighted by Gasteiger charge is -2.33. The van der Waals surface area contributed by atoms with Gasteiger partial charge in [-0.1, -0.05) is 37.3 Å². The van der Waals surface area contributed by atoms with E-state index in [0.717, 1.165) is 31.5 Å². The average molecular weight is 363 g/mol. The van der Waals surface area contributed by atoms with Gasteiger partial charge in [0.15, 0.2) is 0 Å². The number of piperidine rings is 1. The number of nitrogens with one attached hydrogen (secondary N) is 2. The van der Waals surface area contributed by atoms with Crippen LogP contribution in [0.3, 0.4) is 0 Å². The van der Waals surface area contributed by atoms with E-state index in [-0.39, 0.29) is 11.4 Å². The molecule has 0 unspecified atom stereocenters. The summed E-state index contributed by atoms with van der Waals surface area (Å²) in [5.74, 6) is -0.760. The van der Waals surface area contributed by atoms with E-state index in [4.69, 9.17) is 0 Å². The number of carbonyl (C=O) groups is 1. The van der Waals surface area contributed by atoms with Crippen LogP contribution in [0.1, 0.15) is 36.8 Å². The Hall–Kier alpha value is -3.14. The zero-order chi connectivity index (χ0) is 19.0. The van der Waals surface area contributed by atoms with Crippen molar-refractivity contribution in [2.24, 2.45) is 11.8 Å². The molecule has 1 fully saturated rings. The molecule has 0 saturated carbocycles. The number of amides is 1. The monoisotopic (exact) mass is 363 g/mol. The van der Waals surface area contributed by atoms with E-state index < -0.39 is 17.7 Å². The van der Waals surface area contributed by atoms with Gasteiger partial charge in [-0.2, -0.15) is 10.2 Å². The number of hydrogen-bond donors (Lipinski definition) is 2. The van der Waals surface area contributed by atoms with Crippen LogP contribution in [-0.4, -0.2) is 29.0 Å². The van der Waals surface area contributed by atoms with Gasteiger partial charge in [0.25, 0.3) is 5.56 Å². The van der Waals surface area contributed by atoms with Crippen LogP contribution in [0.2, 0.25) is 0 Å². The number of hydrogen-bond acceptors (Lipinski definition) is 5. The summed E-state index contributed by atoms with van der Waals surface area (Å²) in [5, 5.41) is 12.2. The van der Waals surface area contributed by atoms with Gasteiger partial charge in [-0.15, -0.1) is 0 Å². The van der Waals surface area contributed by atoms with Crippen LogP contribution >= 0.6 is 0 Å². The van der Waals surface area contributed by atoms with Gasteiger partial charge < -0.3 is 10.2 Å². The lowest BCUT2D eigenvalue weighted by atomic mass is 9.79. The molecule has 1 amide bonds. The van der Waals surface area contributed by atoms with Gasteiger partial charge in [0.05, 0.1) is 11.6 Å². The molecule has 1 aromatic heterocycles. The Morgan fingerprint density at radius 2 is 2.04 bits per heavy atom. The first-order valence-corrected chi connectivity index (χ1v) is 9.23. The van der Waals surface area contributed by atoms with Crippen molar-refractivity contribution < 1.29 is 4.79 Å². The van der Waals surface area contributed by atoms with Gasteiger partial charge in [0.2, 0.25) is 11.9 Å². The van der Waals surface area contributed by atoms with Gasteiger partial charge >= 0.3 is 0 Å². The summed E-state index contributed by atoms with van der Waals surface area (Å²) in [7, 11) is 0. The van der Waals surface area contributed by atoms with E-state index in [0.29, 0.717) is 17.4 Å². The molecule has 1 aromatic carbocycles. The Bertz CT molecular complexity index is 963. The number of carbonyl (C=O) groups excluding carboxylic acids is 1. The van der Waals surface area contributed by atoms with Crippen LogP contribution in [0.5, 0.6) is 0 Å². The Balaban J connectivity index is 1.82. The van der Waals surface area contributed by atoms with E-state index >= 15 is 0 Å². The molecule has 0 radical (unpaired) electrons. The van der Waals surface area contributed by atoms with Gasteiger partial charge in [-0.3, -0.25) is 14.6 Å². The number of rotatable bonds is 2. The molecule has 2 aliphatic rings. The van der Waals surface area contributed by atoms with Crippen LogP contribution in [0.25, 0.3) is 0 Å². The largest absolute Gasteiger partial charge is 0.342 e. The predicted molar refractivity (Wildman–Crippen MR) is 101 cm³/mol. The summed E-state index contributed by atoms with van der Waals surface area (Å²) in [6, 6.07) is 11.2. The van der Waals surface area contributed by atoms with Crippen molar-refractivity contribution in [1.29, 1.82) is 5.26 Å². The number of nitrogens with zero attached hydrogens (tertiary/aromatic N) is 3. The Labute approximate surface area is 157 Å². The second kappa shape index (κ2) is 6.88. The fraction of sp³-hybridized carbons (Fsp3) is 0.400. The molecule has 2 aromatic rings. The van der Waals surface area contributed by atoms with Crippen molar-refractivity contribution >= 4 is 17.7 Å². The quantitative estimate of drug-likeness (QED) is 0.852. The second-order valence-electron chi connectivity index (χ2n) is 7.33. The van der Waals surface area contributed by atoms with Crippen LogP contribution < -0.4 is 15.8 Å². The van der Waals surface area contributed by atoms with Crippen molar-refractivity contribution in [1.82, 2.24) is 9.97 Å². The molecule has 1 saturated heterocycles. The fourth-order valence-corrected chi connectivity index (χ4v) is 4.05. The van der Waals surface area contributed by atoms with Gasteiger partial charge in [-0.25, -0.2) is 0 Å². The first-order chi connectivity index (χ1) is 13.1. The summed E-state index contributed by atoms with van der Waals surface area (Å²) < 4.78 is 0. The van der Waals surface area contributed by atoms with Crippen LogP contribution in [0.4, 0.5) is 11.8 Å². The molecule has 3 atom stereocenters. The summed E-state index contributed by atoms with van der Waals surface area (Å²) in [4.78, 5) is 35.0. The van der Waals surface area contributed by atoms with Crippen LogP contribution in [0, 0.1) is 23.2 Å². The number of H-pyrrole nitrogens is 1. The number of aromatic nitrogens is 2. The molecule has 2 N–H and O–H groups in total. The third-order valence-electron chi connectivity index (χ3n) is 5.37. The van der Waals surface area contributed by atoms with E-state index in [1.807, 2.05) is 30.3 Å². The zero-order valence-electron chi connectivity index (χ0n) is 15.1. The molecule has 0 aliphatic carbocycles. The van der Waals surface area contributed by atoms with Gasteiger partial charge in [0.1, 0.15) is 11.7 Å². The molecule has 7 heteroatoms. The van der Waals surface area contributed by atoms with Gasteiger partial charge in [0, 0.05) is 19.0 Å². The van der Waals surface area contributed by atoms with Gasteiger partial charge in [-0.05, 0) is 24.3 Å². The van der Waals surface area contributed by atoms with Crippen molar-refractivity contribution in [3.05, 3.63) is 51.8 Å². The number of nitriles is 1. The molecule has 138 valence electrons. The van der Waals surface area contributed by atoms with E-state index in [1.165, 1.54) is 0 Å². The third-order valence-corrected chi connectivity index (χ3v) is 5.37. The lowest BCUT2D eigenvalue weighted by molar-refractivity contribution is -0.119. The number of fused-ring (bicyclic) bond motifs is 1. The highest BCUT2D eigenvalue weighted by atomic mass is 16.2. The molecule has 27 heavy (non-hydrogen) atoms. The summed E-state index contributed by atoms with van der Waals surface area (Å²) in [5.41, 5.74) is 0.801. The molecule has 7 nitrogen and oxygen atoms in total. The minimum Gasteiger partial charge on any atom is -0.342 e. The topological polar surface area (TPSA) is 102 Å². The fourth-order valence-electron chi connectivity index (χ4n) is 4.05. The highest BCUT2D eigenvalue weighted by molar-refractivity contribution is 5.97.